The molecule has 7 rings (SSSR count). The SMILES string of the molecule is CC(C)(C)OC(=O)NC1CCN(S(=O)(=O)c2cccc(OC3CN(C4CCN(c5ccc6c(c5)CN(C5CCC(=O)NC5=O)C6=O)CC4)C3)c2)CC1. The standard InChI is InChI=1S/C37H48N6O8S/c1-37(2,3)51-36(47)38-25-11-17-42(18-12-25)52(48,49)30-6-4-5-28(20-30)50-29-22-41(23-29)26-13-15-40(16-14-26)27-7-8-31-24(19-27)21-43(35(31)46)32-9-10-33(44)39-34(32)45/h4-8,19-20,25-26,29,32H,9-18,21-23H2,1-3H3,(H,38,47)(H,39,44,45). The van der Waals surface area contributed by atoms with E-state index in [0.717, 1.165) is 50.3 Å². The van der Waals surface area contributed by atoms with Gasteiger partial charge in [-0.2, -0.15) is 4.31 Å². The van der Waals surface area contributed by atoms with Crippen LogP contribution in [0, 0.1) is 0 Å². The molecule has 2 aromatic rings. The van der Waals surface area contributed by atoms with Gasteiger partial charge in [-0.3, -0.25) is 24.6 Å². The number of nitrogens with zero attached hydrogens (tertiary/aromatic N) is 4. The molecule has 0 aliphatic carbocycles. The molecule has 0 bridgehead atoms. The highest BCUT2D eigenvalue weighted by Gasteiger charge is 2.40. The van der Waals surface area contributed by atoms with Crippen molar-refractivity contribution in [1.82, 2.24) is 24.7 Å². The molecule has 280 valence electrons. The summed E-state index contributed by atoms with van der Waals surface area (Å²) in [6.07, 6.45) is 3.06. The Kier molecular flexibility index (Phi) is 9.95. The molecule has 4 amide bonds. The predicted octanol–water partition coefficient (Wildman–Crippen LogP) is 2.86. The van der Waals surface area contributed by atoms with E-state index in [9.17, 15) is 27.6 Å². The predicted molar refractivity (Wildman–Crippen MR) is 191 cm³/mol. The average Bonchev–Trinajstić information content (AvgIpc) is 3.40. The van der Waals surface area contributed by atoms with Gasteiger partial charge in [-0.05, 0) is 88.8 Å². The molecule has 4 fully saturated rings. The minimum atomic E-state index is -3.72. The van der Waals surface area contributed by atoms with Crippen LogP contribution in [-0.2, 0) is 30.9 Å². The summed E-state index contributed by atoms with van der Waals surface area (Å²) in [5, 5.41) is 5.21. The molecule has 2 aromatic carbocycles. The number of ether oxygens (including phenoxy) is 2. The summed E-state index contributed by atoms with van der Waals surface area (Å²) >= 11 is 0. The van der Waals surface area contributed by atoms with Crippen LogP contribution < -0.4 is 20.3 Å². The summed E-state index contributed by atoms with van der Waals surface area (Å²) in [5.41, 5.74) is 2.00. The van der Waals surface area contributed by atoms with Crippen molar-refractivity contribution in [1.29, 1.82) is 0 Å². The number of carbonyl (C=O) groups excluding carboxylic acids is 4. The Balaban J connectivity index is 0.861. The molecule has 1 unspecified atom stereocenters. The third-order valence-electron chi connectivity index (χ3n) is 10.7. The number of alkyl carbamates (subject to hydrolysis) is 1. The molecule has 0 radical (unpaired) electrons. The van der Waals surface area contributed by atoms with Gasteiger partial charge in [0, 0.05) is 81.6 Å². The zero-order valence-corrected chi connectivity index (χ0v) is 30.8. The first kappa shape index (κ1) is 36.2. The molecule has 5 heterocycles. The number of fused-ring (bicyclic) bond motifs is 1. The van der Waals surface area contributed by atoms with E-state index in [1.165, 1.54) is 4.31 Å². The lowest BCUT2D eigenvalue weighted by Crippen LogP contribution is -2.59. The summed E-state index contributed by atoms with van der Waals surface area (Å²) in [6, 6.07) is 12.3. The van der Waals surface area contributed by atoms with Crippen LogP contribution in [0.1, 0.15) is 75.2 Å². The Hall–Kier alpha value is -4.21. The Bertz CT molecular complexity index is 1820. The number of amides is 4. The molecule has 2 N–H and O–H groups in total. The number of nitrogens with one attached hydrogen (secondary N) is 2. The maximum absolute atomic E-state index is 13.5. The van der Waals surface area contributed by atoms with Gasteiger partial charge in [0.1, 0.15) is 23.5 Å². The average molecular weight is 737 g/mol. The van der Waals surface area contributed by atoms with Gasteiger partial charge in [-0.25, -0.2) is 13.2 Å². The third kappa shape index (κ3) is 7.76. The summed E-state index contributed by atoms with van der Waals surface area (Å²) < 4.78 is 40.0. The highest BCUT2D eigenvalue weighted by Crippen LogP contribution is 2.33. The minimum absolute atomic E-state index is 0.0211. The van der Waals surface area contributed by atoms with Gasteiger partial charge in [0.05, 0.1) is 4.90 Å². The van der Waals surface area contributed by atoms with Crippen molar-refractivity contribution >= 4 is 39.5 Å². The van der Waals surface area contributed by atoms with Crippen molar-refractivity contribution < 1.29 is 37.1 Å². The fraction of sp³-hybridized carbons (Fsp3) is 0.568. The number of piperidine rings is 3. The topological polar surface area (TPSA) is 158 Å². The molecular formula is C37H48N6O8S. The molecular weight excluding hydrogens is 689 g/mol. The van der Waals surface area contributed by atoms with Crippen molar-refractivity contribution in [2.75, 3.05) is 44.2 Å². The summed E-state index contributed by atoms with van der Waals surface area (Å²) in [7, 11) is -3.72. The summed E-state index contributed by atoms with van der Waals surface area (Å²) in [4.78, 5) is 55.8. The first-order valence-electron chi connectivity index (χ1n) is 18.3. The van der Waals surface area contributed by atoms with E-state index in [-0.39, 0.29) is 35.3 Å². The van der Waals surface area contributed by atoms with E-state index in [0.29, 0.717) is 56.3 Å². The Morgan fingerprint density at radius 2 is 1.65 bits per heavy atom. The largest absolute Gasteiger partial charge is 0.488 e. The van der Waals surface area contributed by atoms with E-state index >= 15 is 0 Å². The number of carbonyl (C=O) groups is 4. The quantitative estimate of drug-likeness (QED) is 0.387. The van der Waals surface area contributed by atoms with Gasteiger partial charge in [-0.15, -0.1) is 0 Å². The van der Waals surface area contributed by atoms with Gasteiger partial charge < -0.3 is 24.6 Å². The number of hydrogen-bond acceptors (Lipinski definition) is 10. The fourth-order valence-corrected chi connectivity index (χ4v) is 9.36. The second kappa shape index (κ2) is 14.3. The van der Waals surface area contributed by atoms with Crippen LogP contribution in [-0.4, -0.2) is 115 Å². The fourth-order valence-electron chi connectivity index (χ4n) is 7.85. The van der Waals surface area contributed by atoms with E-state index in [4.69, 9.17) is 9.47 Å². The number of likely N-dealkylation sites (tertiary alicyclic amines) is 1. The van der Waals surface area contributed by atoms with Gasteiger partial charge in [-0.1, -0.05) is 6.07 Å². The lowest BCUT2D eigenvalue weighted by molar-refractivity contribution is -0.136. The molecule has 52 heavy (non-hydrogen) atoms. The van der Waals surface area contributed by atoms with E-state index in [1.807, 2.05) is 12.1 Å². The number of imide groups is 1. The van der Waals surface area contributed by atoms with E-state index < -0.39 is 33.7 Å². The van der Waals surface area contributed by atoms with E-state index in [2.05, 4.69) is 26.5 Å². The van der Waals surface area contributed by atoms with Crippen molar-refractivity contribution in [3.63, 3.8) is 0 Å². The zero-order valence-electron chi connectivity index (χ0n) is 30.0. The third-order valence-corrected chi connectivity index (χ3v) is 12.5. The molecule has 5 aliphatic heterocycles. The van der Waals surface area contributed by atoms with Crippen LogP contribution in [0.5, 0.6) is 5.75 Å². The van der Waals surface area contributed by atoms with Crippen LogP contribution in [0.25, 0.3) is 0 Å². The van der Waals surface area contributed by atoms with Crippen molar-refractivity contribution in [2.24, 2.45) is 0 Å². The molecule has 15 heteroatoms. The number of anilines is 1. The normalized spacial score (nSPS) is 22.9. The lowest BCUT2D eigenvalue weighted by Gasteiger charge is -2.47. The zero-order chi connectivity index (χ0) is 36.8. The van der Waals surface area contributed by atoms with Crippen molar-refractivity contribution in [2.45, 2.75) is 101 Å². The first-order chi connectivity index (χ1) is 24.7. The molecule has 0 aromatic heterocycles. The van der Waals surface area contributed by atoms with Gasteiger partial charge in [0.2, 0.25) is 21.8 Å². The maximum Gasteiger partial charge on any atom is 0.407 e. The molecule has 1 atom stereocenters. The highest BCUT2D eigenvalue weighted by molar-refractivity contribution is 7.89. The van der Waals surface area contributed by atoms with Gasteiger partial charge in [0.25, 0.3) is 5.91 Å². The molecule has 4 saturated heterocycles. The van der Waals surface area contributed by atoms with Crippen LogP contribution >= 0.6 is 0 Å². The number of rotatable bonds is 8. The first-order valence-corrected chi connectivity index (χ1v) is 19.7. The second-order valence-corrected chi connectivity index (χ2v) is 17.4. The van der Waals surface area contributed by atoms with Crippen LogP contribution in [0.4, 0.5) is 10.5 Å². The summed E-state index contributed by atoms with van der Waals surface area (Å²) in [6.45, 7) is 9.69. The smallest absolute Gasteiger partial charge is 0.407 e. The molecule has 14 nitrogen and oxygen atoms in total. The van der Waals surface area contributed by atoms with Crippen LogP contribution in [0.2, 0.25) is 0 Å². The van der Waals surface area contributed by atoms with Crippen LogP contribution in [0.15, 0.2) is 47.4 Å². The minimum Gasteiger partial charge on any atom is -0.488 e. The second-order valence-electron chi connectivity index (χ2n) is 15.5. The highest BCUT2D eigenvalue weighted by atomic mass is 32.2. The van der Waals surface area contributed by atoms with Gasteiger partial charge in [0.15, 0.2) is 0 Å². The van der Waals surface area contributed by atoms with Crippen molar-refractivity contribution in [3.05, 3.63) is 53.6 Å². The molecule has 0 saturated carbocycles. The maximum atomic E-state index is 13.5. The van der Waals surface area contributed by atoms with Crippen molar-refractivity contribution in [3.8, 4) is 5.75 Å². The Labute approximate surface area is 304 Å². The molecule has 0 spiro atoms. The van der Waals surface area contributed by atoms with E-state index in [1.54, 1.807) is 49.9 Å². The molecule has 5 aliphatic rings. The number of benzene rings is 2. The summed E-state index contributed by atoms with van der Waals surface area (Å²) in [5.74, 6) is -0.326. The van der Waals surface area contributed by atoms with Gasteiger partial charge >= 0.3 is 6.09 Å². The van der Waals surface area contributed by atoms with Crippen LogP contribution in [0.3, 0.4) is 0 Å². The Morgan fingerprint density at radius 1 is 0.923 bits per heavy atom. The lowest BCUT2D eigenvalue weighted by atomic mass is 9.97. The monoisotopic (exact) mass is 736 g/mol. The number of sulfonamides is 1. The number of hydrogen-bond donors (Lipinski definition) is 2. The Morgan fingerprint density at radius 3 is 2.35 bits per heavy atom.